The zero-order chi connectivity index (χ0) is 13.9. The molecule has 0 unspecified atom stereocenters. The third-order valence-corrected chi connectivity index (χ3v) is 5.66. The van der Waals surface area contributed by atoms with E-state index < -0.39 is 10.0 Å². The molecule has 0 amide bonds. The fraction of sp³-hybridized carbons (Fsp3) is 0.500. The molecule has 0 aromatic heterocycles. The van der Waals surface area contributed by atoms with Crippen molar-refractivity contribution in [3.63, 3.8) is 0 Å². The summed E-state index contributed by atoms with van der Waals surface area (Å²) in [7, 11) is -1.85. The molecule has 0 saturated heterocycles. The van der Waals surface area contributed by atoms with Crippen LogP contribution in [0.5, 0.6) is 0 Å². The summed E-state index contributed by atoms with van der Waals surface area (Å²) in [6.07, 6.45) is 1.96. The summed E-state index contributed by atoms with van der Waals surface area (Å²) in [5.74, 6) is 0.774. The molecule has 0 heterocycles. The van der Waals surface area contributed by atoms with E-state index >= 15 is 0 Å². The van der Waals surface area contributed by atoms with Crippen LogP contribution in [0, 0.1) is 13.8 Å². The Balaban J connectivity index is 3.24. The van der Waals surface area contributed by atoms with E-state index in [9.17, 15) is 8.42 Å². The fourth-order valence-corrected chi connectivity index (χ4v) is 3.93. The summed E-state index contributed by atoms with van der Waals surface area (Å²) in [4.78, 5) is 0.339. The van der Waals surface area contributed by atoms with Gasteiger partial charge in [-0.2, -0.15) is 11.8 Å². The van der Waals surface area contributed by atoms with E-state index in [1.165, 1.54) is 4.31 Å². The van der Waals surface area contributed by atoms with Gasteiger partial charge in [-0.25, -0.2) is 12.7 Å². The molecule has 6 heteroatoms. The third-order valence-electron chi connectivity index (χ3n) is 2.92. The smallest absolute Gasteiger partial charge is 0.243 e. The molecule has 0 spiro atoms. The summed E-state index contributed by atoms with van der Waals surface area (Å²) < 4.78 is 26.4. The Morgan fingerprint density at radius 3 is 2.50 bits per heavy atom. The largest absolute Gasteiger partial charge is 0.398 e. The van der Waals surface area contributed by atoms with Gasteiger partial charge in [0.25, 0.3) is 0 Å². The summed E-state index contributed by atoms with van der Waals surface area (Å²) in [6.45, 7) is 4.04. The maximum absolute atomic E-state index is 12.5. The molecule has 0 radical (unpaired) electrons. The second-order valence-corrected chi connectivity index (χ2v) is 7.21. The van der Waals surface area contributed by atoms with Crippen molar-refractivity contribution in [1.29, 1.82) is 0 Å². The predicted octanol–water partition coefficient (Wildman–Crippen LogP) is 1.87. The Labute approximate surface area is 114 Å². The fourth-order valence-electron chi connectivity index (χ4n) is 1.74. The highest BCUT2D eigenvalue weighted by molar-refractivity contribution is 7.98. The lowest BCUT2D eigenvalue weighted by Crippen LogP contribution is -2.30. The minimum atomic E-state index is -3.46. The second kappa shape index (κ2) is 5.95. The average Bonchev–Trinajstić information content (AvgIpc) is 2.31. The van der Waals surface area contributed by atoms with Gasteiger partial charge in [-0.15, -0.1) is 0 Å². The molecule has 2 N–H and O–H groups in total. The predicted molar refractivity (Wildman–Crippen MR) is 78.5 cm³/mol. The van der Waals surface area contributed by atoms with E-state index in [4.69, 9.17) is 5.73 Å². The van der Waals surface area contributed by atoms with Crippen LogP contribution in [-0.2, 0) is 10.0 Å². The molecular formula is C12H20N2O2S2. The number of anilines is 1. The molecule has 102 valence electrons. The second-order valence-electron chi connectivity index (χ2n) is 4.25. The molecular weight excluding hydrogens is 268 g/mol. The van der Waals surface area contributed by atoms with E-state index in [0.29, 0.717) is 22.7 Å². The zero-order valence-electron chi connectivity index (χ0n) is 11.2. The lowest BCUT2D eigenvalue weighted by Gasteiger charge is -2.20. The first kappa shape index (κ1) is 15.3. The first-order valence-electron chi connectivity index (χ1n) is 5.63. The average molecular weight is 288 g/mol. The minimum Gasteiger partial charge on any atom is -0.398 e. The van der Waals surface area contributed by atoms with Crippen molar-refractivity contribution in [2.24, 2.45) is 0 Å². The standard InChI is InChI=1S/C12H20N2O2S2/c1-9-5-6-11(13)10(2)12(9)18(15,16)14(3)7-8-17-4/h5-6H,7-8,13H2,1-4H3. The third kappa shape index (κ3) is 2.99. The van der Waals surface area contributed by atoms with Crippen LogP contribution in [0.15, 0.2) is 17.0 Å². The maximum Gasteiger partial charge on any atom is 0.243 e. The normalized spacial score (nSPS) is 12.1. The minimum absolute atomic E-state index is 0.339. The summed E-state index contributed by atoms with van der Waals surface area (Å²) in [6, 6.07) is 3.49. The van der Waals surface area contributed by atoms with Gasteiger partial charge in [-0.05, 0) is 37.3 Å². The van der Waals surface area contributed by atoms with Crippen LogP contribution < -0.4 is 5.73 Å². The molecule has 0 aliphatic rings. The zero-order valence-corrected chi connectivity index (χ0v) is 12.9. The number of hydrogen-bond donors (Lipinski definition) is 1. The Kier molecular flexibility index (Phi) is 5.07. The monoisotopic (exact) mass is 288 g/mol. The maximum atomic E-state index is 12.5. The van der Waals surface area contributed by atoms with Crippen LogP contribution in [0.25, 0.3) is 0 Å². The highest BCUT2D eigenvalue weighted by Crippen LogP contribution is 2.27. The number of nitrogen functional groups attached to an aromatic ring is 1. The molecule has 0 saturated carbocycles. The van der Waals surface area contributed by atoms with Crippen molar-refractivity contribution in [3.8, 4) is 0 Å². The molecule has 0 fully saturated rings. The van der Waals surface area contributed by atoms with Crippen molar-refractivity contribution in [1.82, 2.24) is 4.31 Å². The Hall–Kier alpha value is -0.720. The van der Waals surface area contributed by atoms with Gasteiger partial charge in [0.2, 0.25) is 10.0 Å². The molecule has 0 aliphatic carbocycles. The van der Waals surface area contributed by atoms with E-state index in [2.05, 4.69) is 0 Å². The topological polar surface area (TPSA) is 63.4 Å². The van der Waals surface area contributed by atoms with Gasteiger partial charge in [0.05, 0.1) is 4.90 Å². The van der Waals surface area contributed by atoms with E-state index in [-0.39, 0.29) is 0 Å². The molecule has 4 nitrogen and oxygen atoms in total. The van der Waals surface area contributed by atoms with E-state index in [1.807, 2.05) is 6.26 Å². The Morgan fingerprint density at radius 2 is 1.94 bits per heavy atom. The van der Waals surface area contributed by atoms with Crippen molar-refractivity contribution in [3.05, 3.63) is 23.3 Å². The number of thioether (sulfide) groups is 1. The van der Waals surface area contributed by atoms with Crippen molar-refractivity contribution < 1.29 is 8.42 Å². The van der Waals surface area contributed by atoms with Gasteiger partial charge in [0, 0.05) is 25.0 Å². The van der Waals surface area contributed by atoms with Gasteiger partial charge in [0.1, 0.15) is 0 Å². The molecule has 1 aromatic carbocycles. The first-order chi connectivity index (χ1) is 8.32. The SMILES string of the molecule is CSCCN(C)S(=O)(=O)c1c(C)ccc(N)c1C. The summed E-state index contributed by atoms with van der Waals surface area (Å²) in [5, 5.41) is 0. The summed E-state index contributed by atoms with van der Waals surface area (Å²) >= 11 is 1.62. The number of sulfonamides is 1. The van der Waals surface area contributed by atoms with Crippen LogP contribution in [-0.4, -0.2) is 38.3 Å². The number of rotatable bonds is 5. The molecule has 1 aromatic rings. The highest BCUT2D eigenvalue weighted by atomic mass is 32.2. The van der Waals surface area contributed by atoms with Gasteiger partial charge in [-0.3, -0.25) is 0 Å². The van der Waals surface area contributed by atoms with Crippen LogP contribution in [0.4, 0.5) is 5.69 Å². The number of nitrogens with zero attached hydrogens (tertiary/aromatic N) is 1. The van der Waals surface area contributed by atoms with Gasteiger partial charge in [0.15, 0.2) is 0 Å². The number of benzene rings is 1. The molecule has 18 heavy (non-hydrogen) atoms. The molecule has 0 aliphatic heterocycles. The van der Waals surface area contributed by atoms with Gasteiger partial charge < -0.3 is 5.73 Å². The quantitative estimate of drug-likeness (QED) is 0.840. The highest BCUT2D eigenvalue weighted by Gasteiger charge is 2.25. The van der Waals surface area contributed by atoms with E-state index in [0.717, 1.165) is 11.3 Å². The molecule has 0 bridgehead atoms. The number of nitrogens with two attached hydrogens (primary N) is 1. The van der Waals surface area contributed by atoms with Crippen molar-refractivity contribution in [2.75, 3.05) is 31.3 Å². The summed E-state index contributed by atoms with van der Waals surface area (Å²) in [5.41, 5.74) is 7.68. The number of hydrogen-bond acceptors (Lipinski definition) is 4. The van der Waals surface area contributed by atoms with Crippen molar-refractivity contribution >= 4 is 27.5 Å². The molecule has 0 atom stereocenters. The Bertz CT molecular complexity index is 527. The lowest BCUT2D eigenvalue weighted by atomic mass is 10.1. The lowest BCUT2D eigenvalue weighted by molar-refractivity contribution is 0.487. The van der Waals surface area contributed by atoms with Gasteiger partial charge in [-0.1, -0.05) is 6.07 Å². The van der Waals surface area contributed by atoms with Crippen LogP contribution in [0.3, 0.4) is 0 Å². The Morgan fingerprint density at radius 1 is 1.33 bits per heavy atom. The first-order valence-corrected chi connectivity index (χ1v) is 8.46. The number of aryl methyl sites for hydroxylation is 1. The van der Waals surface area contributed by atoms with Crippen LogP contribution in [0.1, 0.15) is 11.1 Å². The van der Waals surface area contributed by atoms with Crippen molar-refractivity contribution in [2.45, 2.75) is 18.7 Å². The van der Waals surface area contributed by atoms with E-state index in [1.54, 1.807) is 44.8 Å². The van der Waals surface area contributed by atoms with Crippen LogP contribution >= 0.6 is 11.8 Å². The van der Waals surface area contributed by atoms with Crippen LogP contribution in [0.2, 0.25) is 0 Å². The van der Waals surface area contributed by atoms with Gasteiger partial charge >= 0.3 is 0 Å². The molecule has 1 rings (SSSR count).